The molecule has 1 nitrogen and oxygen atoms in total. The van der Waals surface area contributed by atoms with E-state index >= 15 is 0 Å². The Morgan fingerprint density at radius 3 is 2.20 bits per heavy atom. The molecule has 0 saturated heterocycles. The molecule has 0 spiro atoms. The molecule has 0 fully saturated rings. The molecule has 0 aliphatic heterocycles. The van der Waals surface area contributed by atoms with Gasteiger partial charge in [-0.15, -0.1) is 11.6 Å². The highest BCUT2D eigenvalue weighted by Crippen LogP contribution is 1.87. The Kier molecular flexibility index (Phi) is 2.61. The first-order chi connectivity index (χ1) is 2.27. The molecule has 0 heterocycles. The maximum atomic E-state index is 9.50. The first-order valence-electron chi connectivity index (χ1n) is 1.49. The lowest BCUT2D eigenvalue weighted by molar-refractivity contribution is 0.196. The van der Waals surface area contributed by atoms with Crippen molar-refractivity contribution in [3.63, 3.8) is 0 Å². The van der Waals surface area contributed by atoms with E-state index in [9.17, 15) is 5.11 Å². The summed E-state index contributed by atoms with van der Waals surface area (Å²) in [6.07, 6.45) is 0. The average Bonchev–Trinajstić information content (AvgIpc) is 1.38. The van der Waals surface area contributed by atoms with Crippen molar-refractivity contribution >= 4 is 11.6 Å². The van der Waals surface area contributed by atoms with E-state index in [2.05, 4.69) is 0 Å². The summed E-state index contributed by atoms with van der Waals surface area (Å²) in [5.41, 5.74) is 0. The summed E-state index contributed by atoms with van der Waals surface area (Å²) in [6, 6.07) is 0. The number of halogens is 1. The fourth-order valence-electron chi connectivity index (χ4n) is 0. The molecular weight excluding hydrogens is 87.5 g/mol. The topological polar surface area (TPSA) is 19.9 Å². The molecule has 0 aromatic heterocycles. The Bertz CT molecular complexity index is 20.9. The number of hydrogen-bond acceptors (Lipinski definition) is 0. The summed E-state index contributed by atoms with van der Waals surface area (Å²) < 4.78 is 0. The third kappa shape index (κ3) is 4.25. The molecule has 0 N–H and O–H groups in total. The molecule has 0 rings (SSSR count). The van der Waals surface area contributed by atoms with Crippen LogP contribution in [0.2, 0.25) is 0 Å². The van der Waals surface area contributed by atoms with Crippen molar-refractivity contribution in [3.8, 4) is 0 Å². The van der Waals surface area contributed by atoms with Crippen LogP contribution in [0.25, 0.3) is 0 Å². The SMILES string of the molecule is CC(Cl)C[O]. The summed E-state index contributed by atoms with van der Waals surface area (Å²) in [6.45, 7) is 1.50. The van der Waals surface area contributed by atoms with Gasteiger partial charge >= 0.3 is 0 Å². The van der Waals surface area contributed by atoms with E-state index in [4.69, 9.17) is 11.6 Å². The predicted octanol–water partition coefficient (Wildman–Crippen LogP) is 1.04. The first kappa shape index (κ1) is 5.25. The molecule has 0 aliphatic rings. The van der Waals surface area contributed by atoms with Gasteiger partial charge in [0.1, 0.15) is 0 Å². The minimum atomic E-state index is -0.199. The molecule has 2 heteroatoms. The predicted molar refractivity (Wildman–Crippen MR) is 20.9 cm³/mol. The van der Waals surface area contributed by atoms with Crippen LogP contribution < -0.4 is 0 Å². The van der Waals surface area contributed by atoms with Crippen LogP contribution in [0.3, 0.4) is 0 Å². The van der Waals surface area contributed by atoms with Crippen LogP contribution in [0.5, 0.6) is 0 Å². The highest BCUT2D eigenvalue weighted by Gasteiger charge is 1.86. The molecule has 31 valence electrons. The monoisotopic (exact) mass is 93.0 g/mol. The quantitative estimate of drug-likeness (QED) is 0.432. The molecule has 0 bridgehead atoms. The lowest BCUT2D eigenvalue weighted by Crippen LogP contribution is -1.93. The summed E-state index contributed by atoms with van der Waals surface area (Å²) >= 11 is 5.15. The van der Waals surface area contributed by atoms with Gasteiger partial charge in [0, 0.05) is 0 Å². The van der Waals surface area contributed by atoms with Crippen LogP contribution in [0.15, 0.2) is 0 Å². The zero-order valence-electron chi connectivity index (χ0n) is 3.07. The van der Waals surface area contributed by atoms with Gasteiger partial charge in [0.15, 0.2) is 0 Å². The zero-order valence-corrected chi connectivity index (χ0v) is 3.83. The van der Waals surface area contributed by atoms with E-state index in [1.54, 1.807) is 6.92 Å². The van der Waals surface area contributed by atoms with Gasteiger partial charge in [-0.05, 0) is 6.92 Å². The van der Waals surface area contributed by atoms with Gasteiger partial charge in [0.2, 0.25) is 0 Å². The fraction of sp³-hybridized carbons (Fsp3) is 1.00. The number of hydrogen-bond donors (Lipinski definition) is 0. The number of alkyl halides is 1. The van der Waals surface area contributed by atoms with Crippen LogP contribution in [0.4, 0.5) is 0 Å². The van der Waals surface area contributed by atoms with E-state index in [0.29, 0.717) is 0 Å². The van der Waals surface area contributed by atoms with Crippen molar-refractivity contribution in [2.24, 2.45) is 0 Å². The van der Waals surface area contributed by atoms with Crippen LogP contribution in [0, 0.1) is 0 Å². The smallest absolute Gasteiger partial charge is 0.0983 e. The summed E-state index contributed by atoms with van der Waals surface area (Å²) in [5.74, 6) is 0. The van der Waals surface area contributed by atoms with Gasteiger partial charge in [0.25, 0.3) is 0 Å². The molecule has 0 aromatic rings. The molecule has 1 unspecified atom stereocenters. The zero-order chi connectivity index (χ0) is 4.28. The minimum Gasteiger partial charge on any atom is -0.235 e. The minimum absolute atomic E-state index is 0.179. The van der Waals surface area contributed by atoms with Crippen LogP contribution in [0.1, 0.15) is 6.92 Å². The maximum absolute atomic E-state index is 9.50. The fourth-order valence-corrected chi connectivity index (χ4v) is 0. The van der Waals surface area contributed by atoms with Crippen LogP contribution >= 0.6 is 11.6 Å². The van der Waals surface area contributed by atoms with Gasteiger partial charge in [-0.3, -0.25) is 0 Å². The van der Waals surface area contributed by atoms with Crippen molar-refractivity contribution in [1.29, 1.82) is 0 Å². The van der Waals surface area contributed by atoms with Crippen molar-refractivity contribution in [2.45, 2.75) is 12.3 Å². The van der Waals surface area contributed by atoms with Gasteiger partial charge in [-0.25, -0.2) is 5.11 Å². The molecule has 0 amide bonds. The molecule has 5 heavy (non-hydrogen) atoms. The largest absolute Gasteiger partial charge is 0.235 e. The Morgan fingerprint density at radius 1 is 2.00 bits per heavy atom. The highest BCUT2D eigenvalue weighted by atomic mass is 35.5. The lowest BCUT2D eigenvalue weighted by atomic mass is 10.5. The van der Waals surface area contributed by atoms with Gasteiger partial charge in [-0.1, -0.05) is 0 Å². The average molecular weight is 93.5 g/mol. The van der Waals surface area contributed by atoms with E-state index in [-0.39, 0.29) is 12.0 Å². The Morgan fingerprint density at radius 2 is 2.20 bits per heavy atom. The maximum Gasteiger partial charge on any atom is 0.0983 e. The normalized spacial score (nSPS) is 15.0. The molecular formula is C3H6ClO. The second kappa shape index (κ2) is 2.49. The molecule has 0 aromatic carbocycles. The summed E-state index contributed by atoms with van der Waals surface area (Å²) in [4.78, 5) is 0. The molecule has 1 radical (unpaired) electrons. The molecule has 0 aliphatic carbocycles. The number of rotatable bonds is 1. The third-order valence-corrected chi connectivity index (χ3v) is 0.356. The molecule has 0 saturated carbocycles. The van der Waals surface area contributed by atoms with Crippen molar-refractivity contribution in [2.75, 3.05) is 6.61 Å². The van der Waals surface area contributed by atoms with Crippen molar-refractivity contribution in [1.82, 2.24) is 0 Å². The van der Waals surface area contributed by atoms with Crippen molar-refractivity contribution < 1.29 is 5.11 Å². The second-order valence-corrected chi connectivity index (χ2v) is 1.69. The Labute approximate surface area is 36.6 Å². The highest BCUT2D eigenvalue weighted by molar-refractivity contribution is 6.20. The van der Waals surface area contributed by atoms with E-state index in [1.165, 1.54) is 0 Å². The van der Waals surface area contributed by atoms with Crippen molar-refractivity contribution in [3.05, 3.63) is 0 Å². The lowest BCUT2D eigenvalue weighted by Gasteiger charge is -1.84. The summed E-state index contributed by atoms with van der Waals surface area (Å²) in [7, 11) is 0. The van der Waals surface area contributed by atoms with E-state index < -0.39 is 0 Å². The summed E-state index contributed by atoms with van der Waals surface area (Å²) in [5, 5.41) is 9.30. The second-order valence-electron chi connectivity index (χ2n) is 0.947. The standard InChI is InChI=1S/C3H6ClO/c1-3(4)2-5/h3H,2H2,1H3. The third-order valence-electron chi connectivity index (χ3n) is 0.230. The van der Waals surface area contributed by atoms with E-state index in [0.717, 1.165) is 0 Å². The Balaban J connectivity index is 2.54. The van der Waals surface area contributed by atoms with Gasteiger partial charge in [0.05, 0.1) is 12.0 Å². The first-order valence-corrected chi connectivity index (χ1v) is 1.93. The van der Waals surface area contributed by atoms with E-state index in [1.807, 2.05) is 0 Å². The van der Waals surface area contributed by atoms with Gasteiger partial charge in [-0.2, -0.15) is 0 Å². The van der Waals surface area contributed by atoms with Crippen LogP contribution in [-0.4, -0.2) is 12.0 Å². The van der Waals surface area contributed by atoms with Gasteiger partial charge < -0.3 is 0 Å². The van der Waals surface area contributed by atoms with Crippen LogP contribution in [-0.2, 0) is 5.11 Å². The molecule has 1 atom stereocenters. The Hall–Kier alpha value is 0.250.